The van der Waals surface area contributed by atoms with Crippen molar-refractivity contribution in [1.82, 2.24) is 9.88 Å². The summed E-state index contributed by atoms with van der Waals surface area (Å²) < 4.78 is 39.5. The van der Waals surface area contributed by atoms with Crippen LogP contribution in [0, 0.1) is 17.0 Å². The highest BCUT2D eigenvalue weighted by Crippen LogP contribution is 2.46. The fraction of sp³-hybridized carbons (Fsp3) is 0.417. The van der Waals surface area contributed by atoms with Crippen LogP contribution in [0.4, 0.5) is 8.78 Å². The third-order valence-electron chi connectivity index (χ3n) is 6.42. The summed E-state index contributed by atoms with van der Waals surface area (Å²) in [5.74, 6) is -3.56. The Kier molecular flexibility index (Phi) is 6.11. The van der Waals surface area contributed by atoms with E-state index in [0.717, 1.165) is 12.1 Å². The molecule has 1 amide bonds. The smallest absolute Gasteiger partial charge is 0.257 e. The van der Waals surface area contributed by atoms with E-state index in [9.17, 15) is 28.0 Å². The van der Waals surface area contributed by atoms with E-state index >= 15 is 0 Å². The molecule has 1 aromatic heterocycles. The van der Waals surface area contributed by atoms with Gasteiger partial charge in [-0.2, -0.15) is 0 Å². The summed E-state index contributed by atoms with van der Waals surface area (Å²) in [7, 11) is 1.25. The van der Waals surface area contributed by atoms with E-state index in [1.54, 1.807) is 18.4 Å². The minimum absolute atomic E-state index is 0.00966. The molecule has 2 aliphatic heterocycles. The average Bonchev–Trinajstić information content (AvgIpc) is 3.29. The summed E-state index contributed by atoms with van der Waals surface area (Å²) in [5.41, 5.74) is -1.87. The van der Waals surface area contributed by atoms with Crippen molar-refractivity contribution in [3.05, 3.63) is 63.1 Å². The lowest BCUT2D eigenvalue weighted by atomic mass is 9.74. The van der Waals surface area contributed by atoms with Crippen molar-refractivity contribution in [2.75, 3.05) is 20.3 Å². The van der Waals surface area contributed by atoms with Gasteiger partial charge in [0, 0.05) is 25.3 Å². The number of nitrogens with zero attached hydrogens (tertiary/aromatic N) is 1. The zero-order chi connectivity index (χ0) is 24.8. The Balaban J connectivity index is 1.60. The van der Waals surface area contributed by atoms with Crippen molar-refractivity contribution >= 4 is 17.5 Å². The fourth-order valence-electron chi connectivity index (χ4n) is 4.64. The molecule has 1 saturated heterocycles. The highest BCUT2D eigenvalue weighted by Gasteiger charge is 2.52. The van der Waals surface area contributed by atoms with Gasteiger partial charge in [0.05, 0.1) is 31.2 Å². The first-order valence-electron chi connectivity index (χ1n) is 10.8. The van der Waals surface area contributed by atoms with Crippen LogP contribution >= 0.6 is 0 Å². The number of pyridine rings is 1. The predicted molar refractivity (Wildman–Crippen MR) is 116 cm³/mol. The molecule has 2 atom stereocenters. The molecule has 8 nitrogen and oxygen atoms in total. The Morgan fingerprint density at radius 1 is 1.26 bits per heavy atom. The van der Waals surface area contributed by atoms with E-state index in [-0.39, 0.29) is 40.8 Å². The van der Waals surface area contributed by atoms with Crippen molar-refractivity contribution in [3.63, 3.8) is 0 Å². The number of carbonyl (C=O) groups excluding carboxylic acids is 3. The second-order valence-corrected chi connectivity index (χ2v) is 8.99. The summed E-state index contributed by atoms with van der Waals surface area (Å²) in [6.45, 7) is 3.46. The summed E-state index contributed by atoms with van der Waals surface area (Å²) in [6, 6.07) is 2.59. The van der Waals surface area contributed by atoms with Crippen molar-refractivity contribution in [2.24, 2.45) is 5.41 Å². The van der Waals surface area contributed by atoms with E-state index in [2.05, 4.69) is 5.32 Å². The number of benzene rings is 1. The Morgan fingerprint density at radius 2 is 2.00 bits per heavy atom. The number of nitrogens with one attached hydrogen (secondary N) is 1. The van der Waals surface area contributed by atoms with Crippen LogP contribution in [0.5, 0.6) is 5.75 Å². The lowest BCUT2D eigenvalue weighted by Gasteiger charge is -2.40. The summed E-state index contributed by atoms with van der Waals surface area (Å²) in [5, 5.41) is 2.37. The maximum absolute atomic E-state index is 13.8. The van der Waals surface area contributed by atoms with Crippen molar-refractivity contribution in [3.8, 4) is 5.75 Å². The van der Waals surface area contributed by atoms with E-state index in [4.69, 9.17) is 9.47 Å². The monoisotopic (exact) mass is 474 g/mol. The van der Waals surface area contributed by atoms with Gasteiger partial charge in [0.2, 0.25) is 5.43 Å². The van der Waals surface area contributed by atoms with E-state index in [1.165, 1.54) is 13.3 Å². The molecule has 0 unspecified atom stereocenters. The third kappa shape index (κ3) is 3.91. The first-order chi connectivity index (χ1) is 16.1. The Bertz CT molecular complexity index is 1250. The standard InChI is InChI=1S/C24H24F2N2O6/c1-24(2)21(31)18-20(33-3)19(30)15(11-28(18)17-6-7-34-22(17)24)23(32)27-10-14(29)8-12-4-5-13(25)9-16(12)26/h4-5,9,11,17,22H,6-8,10H2,1-3H3,(H,27,32)/t17-,22+/m1/s1. The van der Waals surface area contributed by atoms with Gasteiger partial charge in [0.1, 0.15) is 22.9 Å². The lowest BCUT2D eigenvalue weighted by molar-refractivity contribution is -0.117. The number of carbonyl (C=O) groups is 3. The molecular formula is C24H24F2N2O6. The topological polar surface area (TPSA) is 104 Å². The normalized spacial score (nSPS) is 20.4. The first-order valence-corrected chi connectivity index (χ1v) is 10.8. The van der Waals surface area contributed by atoms with Gasteiger partial charge in [-0.05, 0) is 31.9 Å². The van der Waals surface area contributed by atoms with Crippen LogP contribution in [0.2, 0.25) is 0 Å². The Hall–Kier alpha value is -3.40. The molecule has 0 spiro atoms. The van der Waals surface area contributed by atoms with Crippen LogP contribution in [0.15, 0.2) is 29.2 Å². The second kappa shape index (κ2) is 8.75. The van der Waals surface area contributed by atoms with E-state index in [0.29, 0.717) is 19.1 Å². The number of fused-ring (bicyclic) bond motifs is 3. The lowest BCUT2D eigenvalue weighted by Crippen LogP contribution is -2.49. The van der Waals surface area contributed by atoms with Crippen LogP contribution in [0.25, 0.3) is 0 Å². The molecule has 10 heteroatoms. The largest absolute Gasteiger partial charge is 0.491 e. The number of halogens is 2. The zero-order valence-electron chi connectivity index (χ0n) is 18.9. The Morgan fingerprint density at radius 3 is 2.68 bits per heavy atom. The van der Waals surface area contributed by atoms with Crippen LogP contribution in [0.3, 0.4) is 0 Å². The molecule has 3 heterocycles. The number of Topliss-reactive ketones (excluding diaryl/α,β-unsaturated/α-hetero) is 2. The van der Waals surface area contributed by atoms with Crippen LogP contribution < -0.4 is 15.5 Å². The molecule has 2 aromatic rings. The zero-order valence-corrected chi connectivity index (χ0v) is 18.9. The van der Waals surface area contributed by atoms with Crippen LogP contribution in [-0.2, 0) is 16.0 Å². The molecule has 0 saturated carbocycles. The number of rotatable bonds is 6. The molecule has 180 valence electrons. The van der Waals surface area contributed by atoms with Gasteiger partial charge in [-0.25, -0.2) is 8.78 Å². The highest BCUT2D eigenvalue weighted by atomic mass is 19.1. The molecular weight excluding hydrogens is 450 g/mol. The number of ether oxygens (including phenoxy) is 2. The first kappa shape index (κ1) is 23.7. The maximum Gasteiger partial charge on any atom is 0.257 e. The van der Waals surface area contributed by atoms with Gasteiger partial charge >= 0.3 is 0 Å². The fourth-order valence-corrected chi connectivity index (χ4v) is 4.64. The van der Waals surface area contributed by atoms with Crippen molar-refractivity contribution < 1.29 is 32.6 Å². The molecule has 34 heavy (non-hydrogen) atoms. The molecule has 4 rings (SSSR count). The van der Waals surface area contributed by atoms with Crippen molar-refractivity contribution in [1.29, 1.82) is 0 Å². The molecule has 1 fully saturated rings. The maximum atomic E-state index is 13.8. The summed E-state index contributed by atoms with van der Waals surface area (Å²) >= 11 is 0. The molecule has 0 aliphatic carbocycles. The van der Waals surface area contributed by atoms with Gasteiger partial charge in [-0.15, -0.1) is 0 Å². The quantitative estimate of drug-likeness (QED) is 0.689. The van der Waals surface area contributed by atoms with Gasteiger partial charge in [0.25, 0.3) is 5.91 Å². The minimum Gasteiger partial charge on any atom is -0.491 e. The van der Waals surface area contributed by atoms with Crippen molar-refractivity contribution in [2.45, 2.75) is 38.8 Å². The van der Waals surface area contributed by atoms with Crippen LogP contribution in [0.1, 0.15) is 52.7 Å². The van der Waals surface area contributed by atoms with Gasteiger partial charge in [-0.1, -0.05) is 6.07 Å². The van der Waals surface area contributed by atoms with Gasteiger partial charge in [-0.3, -0.25) is 19.2 Å². The summed E-state index contributed by atoms with van der Waals surface area (Å²) in [4.78, 5) is 51.3. The molecule has 1 aromatic carbocycles. The number of methoxy groups -OCH3 is 1. The van der Waals surface area contributed by atoms with Crippen LogP contribution in [-0.4, -0.2) is 48.4 Å². The second-order valence-electron chi connectivity index (χ2n) is 8.99. The van der Waals surface area contributed by atoms with Gasteiger partial charge < -0.3 is 19.4 Å². The van der Waals surface area contributed by atoms with Gasteiger partial charge in [0.15, 0.2) is 17.3 Å². The number of aromatic nitrogens is 1. The van der Waals surface area contributed by atoms with E-state index < -0.39 is 46.8 Å². The Labute approximate surface area is 193 Å². The predicted octanol–water partition coefficient (Wildman–Crippen LogP) is 2.23. The minimum atomic E-state index is -0.882. The summed E-state index contributed by atoms with van der Waals surface area (Å²) in [6.07, 6.45) is 1.11. The third-order valence-corrected chi connectivity index (χ3v) is 6.42. The highest BCUT2D eigenvalue weighted by molar-refractivity contribution is 6.04. The molecule has 0 radical (unpaired) electrons. The molecule has 2 aliphatic rings. The SMILES string of the molecule is COc1c2n(cc(C(=O)NCC(=O)Cc3ccc(F)cc3F)c1=O)[C@@H]1CCO[C@@H]1C(C)(C)C2=O. The average molecular weight is 474 g/mol. The molecule has 0 bridgehead atoms. The number of amides is 1. The van der Waals surface area contributed by atoms with E-state index in [1.807, 2.05) is 0 Å². The number of hydrogen-bond donors (Lipinski definition) is 1. The molecule has 1 N–H and O–H groups in total. The number of hydrogen-bond acceptors (Lipinski definition) is 6. The number of ketones is 2.